The molecule has 0 atom stereocenters. The van der Waals surface area contributed by atoms with Crippen molar-refractivity contribution in [3.05, 3.63) is 35.9 Å². The minimum atomic E-state index is -1.47. The average molecular weight is 362 g/mol. The fourth-order valence-electron chi connectivity index (χ4n) is 2.20. The zero-order valence-electron chi connectivity index (χ0n) is 11.1. The Hall–Kier alpha value is -1.49. The third-order valence-electron chi connectivity index (χ3n) is 3.23. The predicted octanol–water partition coefficient (Wildman–Crippen LogP) is 5.30. The minimum absolute atomic E-state index is 0.145. The first kappa shape index (κ1) is 15.4. The summed E-state index contributed by atoms with van der Waals surface area (Å²) in [5.41, 5.74) is 0.329. The Bertz CT molecular complexity index is 725. The number of phenolic OH excluding ortho intramolecular Hbond substituents is 2. The first-order valence-electron chi connectivity index (χ1n) is 6.44. The van der Waals surface area contributed by atoms with Crippen LogP contribution < -0.4 is 9.47 Å². The summed E-state index contributed by atoms with van der Waals surface area (Å²) in [6.45, 7) is 0. The Morgan fingerprint density at radius 2 is 1.59 bits per heavy atom. The van der Waals surface area contributed by atoms with Crippen molar-refractivity contribution >= 4 is 34.8 Å². The number of alkyl halides is 3. The van der Waals surface area contributed by atoms with Gasteiger partial charge in [0.05, 0.1) is 0 Å². The highest BCUT2D eigenvalue weighted by Crippen LogP contribution is 2.52. The molecule has 1 aliphatic rings. The summed E-state index contributed by atoms with van der Waals surface area (Å²) in [7, 11) is 0. The van der Waals surface area contributed by atoms with Gasteiger partial charge < -0.3 is 19.7 Å². The first-order valence-corrected chi connectivity index (χ1v) is 7.58. The van der Waals surface area contributed by atoms with Crippen LogP contribution in [0.15, 0.2) is 30.3 Å². The molecule has 7 heteroatoms. The molecule has 0 aromatic heterocycles. The first-order chi connectivity index (χ1) is 10.3. The van der Waals surface area contributed by atoms with E-state index in [1.165, 1.54) is 6.07 Å². The molecule has 0 radical (unpaired) electrons. The second kappa shape index (κ2) is 5.61. The van der Waals surface area contributed by atoms with E-state index in [4.69, 9.17) is 44.3 Å². The molecule has 1 heterocycles. The fraction of sp³-hybridized carbons (Fsp3) is 0.200. The van der Waals surface area contributed by atoms with Gasteiger partial charge in [-0.3, -0.25) is 0 Å². The molecule has 0 saturated carbocycles. The summed E-state index contributed by atoms with van der Waals surface area (Å²) in [6, 6.07) is 8.37. The number of benzene rings is 2. The van der Waals surface area contributed by atoms with E-state index < -0.39 is 3.79 Å². The van der Waals surface area contributed by atoms with Crippen LogP contribution in [0.3, 0.4) is 0 Å². The van der Waals surface area contributed by atoms with Gasteiger partial charge in [-0.2, -0.15) is 0 Å². The average Bonchev–Trinajstić information content (AvgIpc) is 2.45. The van der Waals surface area contributed by atoms with Gasteiger partial charge in [0.15, 0.2) is 38.3 Å². The van der Waals surface area contributed by atoms with Crippen LogP contribution in [0.2, 0.25) is 0 Å². The number of hydrogen-bond donors (Lipinski definition) is 2. The van der Waals surface area contributed by atoms with Crippen molar-refractivity contribution in [2.24, 2.45) is 0 Å². The van der Waals surface area contributed by atoms with Gasteiger partial charge in [-0.25, -0.2) is 0 Å². The van der Waals surface area contributed by atoms with E-state index >= 15 is 0 Å². The Balaban J connectivity index is 2.03. The molecule has 2 N–H and O–H groups in total. The van der Waals surface area contributed by atoms with Gasteiger partial charge in [0.25, 0.3) is 0 Å². The maximum absolute atomic E-state index is 10.1. The van der Waals surface area contributed by atoms with Crippen molar-refractivity contribution in [1.82, 2.24) is 0 Å². The number of fused-ring (bicyclic) bond motifs is 2. The molecule has 4 nitrogen and oxygen atoms in total. The lowest BCUT2D eigenvalue weighted by atomic mass is 10.1. The molecule has 2 aromatic rings. The van der Waals surface area contributed by atoms with Crippen LogP contribution in [-0.2, 0) is 6.42 Å². The largest absolute Gasteiger partial charge is 0.504 e. The van der Waals surface area contributed by atoms with Crippen molar-refractivity contribution in [3.63, 3.8) is 0 Å². The molecule has 0 amide bonds. The molecular weight excluding hydrogens is 351 g/mol. The molecule has 0 unspecified atom stereocenters. The van der Waals surface area contributed by atoms with Crippen LogP contribution in [0.25, 0.3) is 0 Å². The highest BCUT2D eigenvalue weighted by molar-refractivity contribution is 6.67. The lowest BCUT2D eigenvalue weighted by Gasteiger charge is -2.24. The standard InChI is InChI=1S/C15H11Cl3O4/c16-15(17,18)6-5-8-13(20)9(19)7-12-14(8)22-11-4-2-1-3-10(11)21-12/h1-4,7,19-20H,5-6H2. The highest BCUT2D eigenvalue weighted by atomic mass is 35.6. The van der Waals surface area contributed by atoms with E-state index in [9.17, 15) is 10.2 Å². The van der Waals surface area contributed by atoms with E-state index in [-0.39, 0.29) is 24.3 Å². The van der Waals surface area contributed by atoms with Gasteiger partial charge >= 0.3 is 0 Å². The molecule has 0 spiro atoms. The van der Waals surface area contributed by atoms with E-state index in [1.807, 2.05) is 0 Å². The Labute approximate surface area is 141 Å². The predicted molar refractivity (Wildman–Crippen MR) is 85.0 cm³/mol. The number of phenols is 2. The second-order valence-electron chi connectivity index (χ2n) is 4.82. The molecule has 0 bridgehead atoms. The van der Waals surface area contributed by atoms with Crippen LogP contribution in [0, 0.1) is 0 Å². The number of rotatable bonds is 2. The quantitative estimate of drug-likeness (QED) is 0.480. The third kappa shape index (κ3) is 3.00. The summed E-state index contributed by atoms with van der Waals surface area (Å²) >= 11 is 17.3. The minimum Gasteiger partial charge on any atom is -0.504 e. The molecule has 0 saturated heterocycles. The molecule has 1 aliphatic heterocycles. The van der Waals surface area contributed by atoms with Crippen LogP contribution in [0.1, 0.15) is 12.0 Å². The van der Waals surface area contributed by atoms with Crippen LogP contribution >= 0.6 is 34.8 Å². The summed E-state index contributed by atoms with van der Waals surface area (Å²) in [4.78, 5) is 0. The van der Waals surface area contributed by atoms with Crippen molar-refractivity contribution in [2.45, 2.75) is 16.6 Å². The second-order valence-corrected chi connectivity index (χ2v) is 7.33. The Morgan fingerprint density at radius 3 is 2.23 bits per heavy atom. The zero-order chi connectivity index (χ0) is 15.9. The van der Waals surface area contributed by atoms with Crippen molar-refractivity contribution in [2.75, 3.05) is 0 Å². The molecule has 2 aromatic carbocycles. The van der Waals surface area contributed by atoms with Crippen LogP contribution in [0.5, 0.6) is 34.5 Å². The number of hydrogen-bond acceptors (Lipinski definition) is 4. The normalized spacial score (nSPS) is 12.9. The summed E-state index contributed by atoms with van der Waals surface area (Å²) in [5, 5.41) is 19.9. The van der Waals surface area contributed by atoms with E-state index in [1.54, 1.807) is 24.3 Å². The smallest absolute Gasteiger partial charge is 0.190 e. The van der Waals surface area contributed by atoms with Crippen LogP contribution in [0.4, 0.5) is 0 Å². The van der Waals surface area contributed by atoms with Gasteiger partial charge in [0.1, 0.15) is 0 Å². The highest BCUT2D eigenvalue weighted by Gasteiger charge is 2.28. The third-order valence-corrected chi connectivity index (χ3v) is 3.80. The maximum atomic E-state index is 10.1. The lowest BCUT2D eigenvalue weighted by molar-refractivity contribution is 0.340. The molecule has 0 fully saturated rings. The van der Waals surface area contributed by atoms with E-state index in [0.717, 1.165) is 0 Å². The topological polar surface area (TPSA) is 58.9 Å². The van der Waals surface area contributed by atoms with Gasteiger partial charge in [0.2, 0.25) is 0 Å². The maximum Gasteiger partial charge on any atom is 0.190 e. The fourth-order valence-corrected chi connectivity index (χ4v) is 2.49. The summed E-state index contributed by atoms with van der Waals surface area (Å²) < 4.78 is 10.0. The Kier molecular flexibility index (Phi) is 3.93. The van der Waals surface area contributed by atoms with Crippen molar-refractivity contribution in [1.29, 1.82) is 0 Å². The summed E-state index contributed by atoms with van der Waals surface area (Å²) in [5.74, 6) is 1.01. The molecular formula is C15H11Cl3O4. The van der Waals surface area contributed by atoms with E-state index in [0.29, 0.717) is 28.6 Å². The van der Waals surface area contributed by atoms with E-state index in [2.05, 4.69) is 0 Å². The Morgan fingerprint density at radius 1 is 0.955 bits per heavy atom. The molecule has 0 aliphatic carbocycles. The van der Waals surface area contributed by atoms with Crippen LogP contribution in [-0.4, -0.2) is 14.0 Å². The van der Waals surface area contributed by atoms with Gasteiger partial charge in [-0.1, -0.05) is 46.9 Å². The number of ether oxygens (including phenoxy) is 2. The zero-order valence-corrected chi connectivity index (χ0v) is 13.4. The lowest BCUT2D eigenvalue weighted by Crippen LogP contribution is -2.07. The number of aromatic hydroxyl groups is 2. The van der Waals surface area contributed by atoms with Gasteiger partial charge in [-0.05, 0) is 25.0 Å². The monoisotopic (exact) mass is 360 g/mol. The van der Waals surface area contributed by atoms with Gasteiger partial charge in [0, 0.05) is 11.6 Å². The molecule has 116 valence electrons. The SMILES string of the molecule is Oc1cc2c(c(CCC(Cl)(Cl)Cl)c1O)Oc1ccccc1O2. The van der Waals surface area contributed by atoms with Gasteiger partial charge in [-0.15, -0.1) is 0 Å². The summed E-state index contributed by atoms with van der Waals surface area (Å²) in [6.07, 6.45) is 0.344. The van der Waals surface area contributed by atoms with Crippen molar-refractivity contribution < 1.29 is 19.7 Å². The van der Waals surface area contributed by atoms with Crippen molar-refractivity contribution in [3.8, 4) is 34.5 Å². The number of halogens is 3. The molecule has 22 heavy (non-hydrogen) atoms. The molecule has 3 rings (SSSR count). The number of para-hydroxylation sites is 2.